The van der Waals surface area contributed by atoms with E-state index in [2.05, 4.69) is 33.1 Å². The van der Waals surface area contributed by atoms with Gasteiger partial charge >= 0.3 is 0 Å². The number of halogens is 1. The second kappa shape index (κ2) is 9.27. The van der Waals surface area contributed by atoms with E-state index < -0.39 is 0 Å². The van der Waals surface area contributed by atoms with Gasteiger partial charge in [0, 0.05) is 6.42 Å². The van der Waals surface area contributed by atoms with E-state index in [1.807, 2.05) is 36.4 Å². The molecule has 0 aromatic heterocycles. The van der Waals surface area contributed by atoms with Gasteiger partial charge in [0.15, 0.2) is 11.5 Å². The number of nitrogens with zero attached hydrogens (tertiary/aromatic N) is 1. The molecule has 2 aromatic carbocycles. The Balaban J connectivity index is 1.91. The van der Waals surface area contributed by atoms with Gasteiger partial charge in [-0.2, -0.15) is 5.10 Å². The SMILES string of the molecule is COc1cc(C=NNC(=O)CCc2ccccc2)cc(I)c1OC. The van der Waals surface area contributed by atoms with Crippen LogP contribution in [0.25, 0.3) is 0 Å². The molecule has 5 nitrogen and oxygen atoms in total. The maximum atomic E-state index is 11.8. The molecule has 0 radical (unpaired) electrons. The monoisotopic (exact) mass is 438 g/mol. The number of hydrogen-bond acceptors (Lipinski definition) is 4. The number of hydrazone groups is 1. The normalized spacial score (nSPS) is 10.6. The molecule has 1 N–H and O–H groups in total. The highest BCUT2D eigenvalue weighted by molar-refractivity contribution is 14.1. The van der Waals surface area contributed by atoms with Gasteiger partial charge in [-0.25, -0.2) is 5.43 Å². The lowest BCUT2D eigenvalue weighted by Gasteiger charge is -2.10. The first kappa shape index (κ1) is 18.3. The van der Waals surface area contributed by atoms with E-state index in [-0.39, 0.29) is 5.91 Å². The predicted molar refractivity (Wildman–Crippen MR) is 103 cm³/mol. The van der Waals surface area contributed by atoms with Gasteiger partial charge in [0.1, 0.15) is 0 Å². The van der Waals surface area contributed by atoms with Crippen LogP contribution in [-0.4, -0.2) is 26.3 Å². The van der Waals surface area contributed by atoms with E-state index in [9.17, 15) is 4.79 Å². The summed E-state index contributed by atoms with van der Waals surface area (Å²) >= 11 is 2.17. The molecule has 0 aliphatic rings. The van der Waals surface area contributed by atoms with Gasteiger partial charge in [-0.1, -0.05) is 30.3 Å². The van der Waals surface area contributed by atoms with E-state index in [1.54, 1.807) is 26.5 Å². The highest BCUT2D eigenvalue weighted by Crippen LogP contribution is 2.32. The van der Waals surface area contributed by atoms with Crippen molar-refractivity contribution < 1.29 is 14.3 Å². The van der Waals surface area contributed by atoms with Crippen LogP contribution in [0.15, 0.2) is 47.6 Å². The quantitative estimate of drug-likeness (QED) is 0.410. The van der Waals surface area contributed by atoms with Crippen molar-refractivity contribution in [3.05, 3.63) is 57.2 Å². The highest BCUT2D eigenvalue weighted by Gasteiger charge is 2.09. The van der Waals surface area contributed by atoms with Crippen LogP contribution in [0.2, 0.25) is 0 Å². The molecule has 1 amide bonds. The second-order valence-electron chi connectivity index (χ2n) is 5.02. The number of carbonyl (C=O) groups is 1. The Morgan fingerprint density at radius 1 is 1.21 bits per heavy atom. The lowest BCUT2D eigenvalue weighted by atomic mass is 10.1. The van der Waals surface area contributed by atoms with Crippen LogP contribution in [0, 0.1) is 3.57 Å². The molecule has 0 spiro atoms. The summed E-state index contributed by atoms with van der Waals surface area (Å²) in [6.07, 6.45) is 2.67. The first-order valence-corrected chi connectivity index (χ1v) is 8.49. The van der Waals surface area contributed by atoms with Crippen molar-refractivity contribution in [2.24, 2.45) is 5.10 Å². The van der Waals surface area contributed by atoms with Gasteiger partial charge in [-0.3, -0.25) is 4.79 Å². The molecule has 0 bridgehead atoms. The standard InChI is InChI=1S/C18H19IN2O3/c1-23-16-11-14(10-15(19)18(16)24-2)12-20-21-17(22)9-8-13-6-4-3-5-7-13/h3-7,10-12H,8-9H2,1-2H3,(H,21,22). The lowest BCUT2D eigenvalue weighted by molar-refractivity contribution is -0.121. The minimum atomic E-state index is -0.120. The molecule has 0 saturated carbocycles. The summed E-state index contributed by atoms with van der Waals surface area (Å²) in [4.78, 5) is 11.8. The third kappa shape index (κ3) is 5.23. The van der Waals surface area contributed by atoms with Crippen LogP contribution >= 0.6 is 22.6 Å². The molecule has 24 heavy (non-hydrogen) atoms. The molecule has 0 unspecified atom stereocenters. The number of ether oxygens (including phenoxy) is 2. The topological polar surface area (TPSA) is 59.9 Å². The molecule has 2 rings (SSSR count). The molecule has 0 atom stereocenters. The maximum absolute atomic E-state index is 11.8. The van der Waals surface area contributed by atoms with Crippen LogP contribution in [0.1, 0.15) is 17.5 Å². The summed E-state index contributed by atoms with van der Waals surface area (Å²) in [7, 11) is 3.18. The van der Waals surface area contributed by atoms with E-state index in [1.165, 1.54) is 0 Å². The van der Waals surface area contributed by atoms with Gasteiger partial charge in [0.2, 0.25) is 5.91 Å². The fourth-order valence-electron chi connectivity index (χ4n) is 2.15. The average molecular weight is 438 g/mol. The van der Waals surface area contributed by atoms with Gasteiger partial charge in [0.05, 0.1) is 24.0 Å². The third-order valence-electron chi connectivity index (χ3n) is 3.34. The molecule has 0 heterocycles. The first-order chi connectivity index (χ1) is 11.6. The van der Waals surface area contributed by atoms with E-state index in [0.29, 0.717) is 24.3 Å². The van der Waals surface area contributed by atoms with Gasteiger partial charge in [-0.05, 0) is 52.3 Å². The Morgan fingerprint density at radius 3 is 2.62 bits per heavy atom. The van der Waals surface area contributed by atoms with E-state index in [0.717, 1.165) is 14.7 Å². The molecular formula is C18H19IN2O3. The van der Waals surface area contributed by atoms with Gasteiger partial charge in [0.25, 0.3) is 0 Å². The van der Waals surface area contributed by atoms with Crippen molar-refractivity contribution in [1.82, 2.24) is 5.43 Å². The molecule has 0 aliphatic carbocycles. The maximum Gasteiger partial charge on any atom is 0.240 e. The van der Waals surface area contributed by atoms with Gasteiger partial charge < -0.3 is 9.47 Å². The van der Waals surface area contributed by atoms with Crippen molar-refractivity contribution in [1.29, 1.82) is 0 Å². The van der Waals surface area contributed by atoms with Crippen molar-refractivity contribution in [2.75, 3.05) is 14.2 Å². The Hall–Kier alpha value is -2.09. The molecule has 2 aromatic rings. The minimum Gasteiger partial charge on any atom is -0.493 e. The highest BCUT2D eigenvalue weighted by atomic mass is 127. The largest absolute Gasteiger partial charge is 0.493 e. The van der Waals surface area contributed by atoms with Crippen molar-refractivity contribution in [3.63, 3.8) is 0 Å². The average Bonchev–Trinajstić information content (AvgIpc) is 2.60. The number of methoxy groups -OCH3 is 2. The number of carbonyl (C=O) groups excluding carboxylic acids is 1. The summed E-state index contributed by atoms with van der Waals surface area (Å²) in [6, 6.07) is 13.6. The smallest absolute Gasteiger partial charge is 0.240 e. The number of hydrogen-bond donors (Lipinski definition) is 1. The van der Waals surface area contributed by atoms with Crippen molar-refractivity contribution in [3.8, 4) is 11.5 Å². The number of nitrogens with one attached hydrogen (secondary N) is 1. The molecule has 0 aliphatic heterocycles. The molecule has 0 saturated heterocycles. The first-order valence-electron chi connectivity index (χ1n) is 7.41. The second-order valence-corrected chi connectivity index (χ2v) is 6.18. The summed E-state index contributed by atoms with van der Waals surface area (Å²) in [5, 5.41) is 4.00. The van der Waals surface area contributed by atoms with Crippen LogP contribution < -0.4 is 14.9 Å². The summed E-state index contributed by atoms with van der Waals surface area (Å²) < 4.78 is 11.5. The molecular weight excluding hydrogens is 419 g/mol. The molecule has 126 valence electrons. The summed E-state index contributed by atoms with van der Waals surface area (Å²) in [5.74, 6) is 1.19. The fraction of sp³-hybridized carbons (Fsp3) is 0.222. The summed E-state index contributed by atoms with van der Waals surface area (Å²) in [6.45, 7) is 0. The zero-order valence-electron chi connectivity index (χ0n) is 13.6. The van der Waals surface area contributed by atoms with Crippen LogP contribution in [-0.2, 0) is 11.2 Å². The summed E-state index contributed by atoms with van der Waals surface area (Å²) in [5.41, 5.74) is 4.49. The zero-order chi connectivity index (χ0) is 17.4. The van der Waals surface area contributed by atoms with Gasteiger partial charge in [-0.15, -0.1) is 0 Å². The number of aryl methyl sites for hydroxylation is 1. The Morgan fingerprint density at radius 2 is 1.96 bits per heavy atom. The van der Waals surface area contributed by atoms with E-state index >= 15 is 0 Å². The minimum absolute atomic E-state index is 0.120. The van der Waals surface area contributed by atoms with Crippen molar-refractivity contribution in [2.45, 2.75) is 12.8 Å². The fourth-order valence-corrected chi connectivity index (χ4v) is 3.00. The van der Waals surface area contributed by atoms with Crippen LogP contribution in [0.3, 0.4) is 0 Å². The van der Waals surface area contributed by atoms with Crippen LogP contribution in [0.4, 0.5) is 0 Å². The lowest BCUT2D eigenvalue weighted by Crippen LogP contribution is -2.17. The number of rotatable bonds is 7. The van der Waals surface area contributed by atoms with Crippen LogP contribution in [0.5, 0.6) is 11.5 Å². The van der Waals surface area contributed by atoms with E-state index in [4.69, 9.17) is 9.47 Å². The number of amides is 1. The molecule has 0 fully saturated rings. The Labute approximate surface area is 155 Å². The third-order valence-corrected chi connectivity index (χ3v) is 4.14. The number of benzene rings is 2. The van der Waals surface area contributed by atoms with Crippen molar-refractivity contribution >= 4 is 34.7 Å². The predicted octanol–water partition coefficient (Wildman–Crippen LogP) is 3.39. The molecule has 6 heteroatoms. The Kier molecular flexibility index (Phi) is 7.05. The Bertz CT molecular complexity index is 718. The zero-order valence-corrected chi connectivity index (χ0v) is 15.7.